The first-order chi connectivity index (χ1) is 10.5. The van der Waals surface area contributed by atoms with Crippen molar-refractivity contribution in [2.45, 2.75) is 0 Å². The lowest BCUT2D eigenvalue weighted by molar-refractivity contribution is 0.0597. The highest BCUT2D eigenvalue weighted by molar-refractivity contribution is 9.10. The molecule has 0 heterocycles. The molecule has 1 aromatic carbocycles. The fourth-order valence-corrected chi connectivity index (χ4v) is 2.04. The molecule has 1 aromatic rings. The van der Waals surface area contributed by atoms with Crippen LogP contribution < -0.4 is 10.1 Å². The molecule has 0 bridgehead atoms. The third kappa shape index (κ3) is 3.54. The van der Waals surface area contributed by atoms with Gasteiger partial charge in [0.15, 0.2) is 11.3 Å². The zero-order chi connectivity index (χ0) is 16.7. The molecule has 1 rings (SSSR count). The van der Waals surface area contributed by atoms with Crippen LogP contribution in [0, 0.1) is 34.0 Å². The van der Waals surface area contributed by atoms with E-state index in [1.165, 1.54) is 26.4 Å². The first-order valence-electron chi connectivity index (χ1n) is 5.69. The van der Waals surface area contributed by atoms with Crippen LogP contribution in [0.5, 0.6) is 5.75 Å². The van der Waals surface area contributed by atoms with Crippen LogP contribution in [0.2, 0.25) is 0 Å². The first kappa shape index (κ1) is 17.0. The Labute approximate surface area is 135 Å². The summed E-state index contributed by atoms with van der Waals surface area (Å²) in [7, 11) is 2.56. The number of rotatable bonds is 4. The van der Waals surface area contributed by atoms with Crippen molar-refractivity contribution in [1.82, 2.24) is 0 Å². The third-order valence-electron chi connectivity index (χ3n) is 2.51. The van der Waals surface area contributed by atoms with Gasteiger partial charge in [0.05, 0.1) is 19.9 Å². The van der Waals surface area contributed by atoms with E-state index >= 15 is 0 Å². The van der Waals surface area contributed by atoms with E-state index in [0.29, 0.717) is 4.47 Å². The summed E-state index contributed by atoms with van der Waals surface area (Å²) in [5.41, 5.74) is -0.284. The summed E-state index contributed by atoms with van der Waals surface area (Å²) >= 11 is 3.22. The molecule has 110 valence electrons. The number of benzene rings is 1. The Morgan fingerprint density at radius 1 is 1.18 bits per heavy atom. The first-order valence-corrected chi connectivity index (χ1v) is 6.49. The Kier molecular flexibility index (Phi) is 5.95. The van der Waals surface area contributed by atoms with Gasteiger partial charge in [-0.3, -0.25) is 0 Å². The van der Waals surface area contributed by atoms with E-state index in [1.54, 1.807) is 18.2 Å². The monoisotopic (exact) mass is 360 g/mol. The van der Waals surface area contributed by atoms with E-state index in [0.717, 1.165) is 0 Å². The summed E-state index contributed by atoms with van der Waals surface area (Å²) in [5, 5.41) is 29.3. The van der Waals surface area contributed by atoms with Crippen LogP contribution in [0.3, 0.4) is 0 Å². The maximum absolute atomic E-state index is 11.8. The lowest BCUT2D eigenvalue weighted by atomic mass is 10.1. The summed E-state index contributed by atoms with van der Waals surface area (Å²) in [6.07, 6.45) is 0. The SMILES string of the molecule is COC(=O)c1cc(Br)cc(NC(C#N)=C(C#N)C#N)c1OC. The van der Waals surface area contributed by atoms with Gasteiger partial charge in [-0.25, -0.2) is 4.79 Å². The van der Waals surface area contributed by atoms with Gasteiger partial charge in [0.2, 0.25) is 0 Å². The zero-order valence-electron chi connectivity index (χ0n) is 11.6. The number of hydrogen-bond acceptors (Lipinski definition) is 7. The van der Waals surface area contributed by atoms with Gasteiger partial charge in [-0.2, -0.15) is 15.8 Å². The fourth-order valence-electron chi connectivity index (χ4n) is 1.59. The number of ether oxygens (including phenoxy) is 2. The Balaban J connectivity index is 3.50. The number of methoxy groups -OCH3 is 2. The summed E-state index contributed by atoms with van der Waals surface area (Å²) in [4.78, 5) is 11.8. The molecule has 0 aliphatic rings. The maximum Gasteiger partial charge on any atom is 0.341 e. The molecule has 22 heavy (non-hydrogen) atoms. The lowest BCUT2D eigenvalue weighted by Gasteiger charge is -2.14. The van der Waals surface area contributed by atoms with Crippen molar-refractivity contribution >= 4 is 27.6 Å². The number of esters is 1. The second-order valence-electron chi connectivity index (χ2n) is 3.74. The number of hydrogen-bond donors (Lipinski definition) is 1. The summed E-state index contributed by atoms with van der Waals surface area (Å²) in [5.74, 6) is -0.512. The molecule has 0 radical (unpaired) electrons. The van der Waals surface area contributed by atoms with Gasteiger partial charge in [-0.05, 0) is 12.1 Å². The van der Waals surface area contributed by atoms with Crippen molar-refractivity contribution in [2.75, 3.05) is 19.5 Å². The van der Waals surface area contributed by atoms with Gasteiger partial charge < -0.3 is 14.8 Å². The van der Waals surface area contributed by atoms with E-state index < -0.39 is 5.97 Å². The molecule has 0 unspecified atom stereocenters. The molecule has 0 aliphatic heterocycles. The molecule has 7 nitrogen and oxygen atoms in total. The number of allylic oxidation sites excluding steroid dienone is 2. The highest BCUT2D eigenvalue weighted by atomic mass is 79.9. The van der Waals surface area contributed by atoms with Crippen LogP contribution in [0.25, 0.3) is 0 Å². The minimum atomic E-state index is -0.635. The molecular formula is C14H9BrN4O3. The lowest BCUT2D eigenvalue weighted by Crippen LogP contribution is -2.08. The molecular weight excluding hydrogens is 352 g/mol. The number of nitrogens with zero attached hydrogens (tertiary/aromatic N) is 3. The van der Waals surface area contributed by atoms with Gasteiger partial charge >= 0.3 is 5.97 Å². The van der Waals surface area contributed by atoms with Gasteiger partial charge in [0.25, 0.3) is 0 Å². The molecule has 0 aromatic heterocycles. The third-order valence-corrected chi connectivity index (χ3v) is 2.97. The smallest absolute Gasteiger partial charge is 0.341 e. The topological polar surface area (TPSA) is 119 Å². The fraction of sp³-hybridized carbons (Fsp3) is 0.143. The molecule has 0 fully saturated rings. The van der Waals surface area contributed by atoms with E-state index in [9.17, 15) is 4.79 Å². The molecule has 0 saturated carbocycles. The quantitative estimate of drug-likeness (QED) is 0.646. The van der Waals surface area contributed by atoms with Crippen molar-refractivity contribution in [2.24, 2.45) is 0 Å². The Morgan fingerprint density at radius 2 is 1.82 bits per heavy atom. The highest BCUT2D eigenvalue weighted by Gasteiger charge is 2.19. The van der Waals surface area contributed by atoms with E-state index in [1.807, 2.05) is 0 Å². The summed E-state index contributed by atoms with van der Waals surface area (Å²) in [6.45, 7) is 0. The highest BCUT2D eigenvalue weighted by Crippen LogP contribution is 2.34. The van der Waals surface area contributed by atoms with Crippen molar-refractivity contribution in [3.8, 4) is 24.0 Å². The van der Waals surface area contributed by atoms with Crippen molar-refractivity contribution in [3.05, 3.63) is 33.4 Å². The van der Waals surface area contributed by atoms with Crippen molar-refractivity contribution < 1.29 is 14.3 Å². The van der Waals surface area contributed by atoms with E-state index in [-0.39, 0.29) is 28.3 Å². The number of carbonyl (C=O) groups is 1. The second-order valence-corrected chi connectivity index (χ2v) is 4.65. The Hall–Kier alpha value is -3.02. The molecule has 8 heteroatoms. The number of nitriles is 3. The molecule has 1 N–H and O–H groups in total. The number of anilines is 1. The predicted octanol–water partition coefficient (Wildman–Crippen LogP) is 2.48. The van der Waals surface area contributed by atoms with Crippen LogP contribution in [0.4, 0.5) is 5.69 Å². The van der Waals surface area contributed by atoms with E-state index in [4.69, 9.17) is 20.5 Å². The minimum absolute atomic E-state index is 0.120. The predicted molar refractivity (Wildman–Crippen MR) is 79.5 cm³/mol. The standard InChI is InChI=1S/C14H9BrN4O3/c1-21-13-10(14(20)22-2)3-9(15)4-11(13)19-12(7-18)8(5-16)6-17/h3-4,19H,1-2H3. The average molecular weight is 361 g/mol. The average Bonchev–Trinajstić information content (AvgIpc) is 2.53. The van der Waals surface area contributed by atoms with Crippen LogP contribution in [-0.2, 0) is 4.74 Å². The van der Waals surface area contributed by atoms with Gasteiger partial charge in [0, 0.05) is 4.47 Å². The maximum atomic E-state index is 11.8. The summed E-state index contributed by atoms with van der Waals surface area (Å²) in [6, 6.07) is 7.97. The minimum Gasteiger partial charge on any atom is -0.494 e. The largest absolute Gasteiger partial charge is 0.494 e. The van der Waals surface area contributed by atoms with Gasteiger partial charge in [-0.15, -0.1) is 0 Å². The van der Waals surface area contributed by atoms with Gasteiger partial charge in [0.1, 0.15) is 29.5 Å². The molecule has 0 amide bonds. The Bertz CT molecular complexity index is 750. The van der Waals surface area contributed by atoms with E-state index in [2.05, 4.69) is 26.0 Å². The number of halogens is 1. The normalized spacial score (nSPS) is 8.73. The number of nitrogens with one attached hydrogen (secondary N) is 1. The second kappa shape index (κ2) is 7.68. The van der Waals surface area contributed by atoms with Crippen LogP contribution >= 0.6 is 15.9 Å². The molecule has 0 aliphatic carbocycles. The van der Waals surface area contributed by atoms with Crippen molar-refractivity contribution in [1.29, 1.82) is 15.8 Å². The Morgan fingerprint density at radius 3 is 2.27 bits per heavy atom. The zero-order valence-corrected chi connectivity index (χ0v) is 13.2. The molecule has 0 saturated heterocycles. The molecule has 0 spiro atoms. The van der Waals surface area contributed by atoms with Crippen LogP contribution in [-0.4, -0.2) is 20.2 Å². The molecule has 0 atom stereocenters. The van der Waals surface area contributed by atoms with Crippen molar-refractivity contribution in [3.63, 3.8) is 0 Å². The van der Waals surface area contributed by atoms with Gasteiger partial charge in [-0.1, -0.05) is 15.9 Å². The summed E-state index contributed by atoms with van der Waals surface area (Å²) < 4.78 is 10.3. The van der Waals surface area contributed by atoms with Crippen LogP contribution in [0.15, 0.2) is 27.9 Å². The van der Waals surface area contributed by atoms with Crippen LogP contribution in [0.1, 0.15) is 10.4 Å². The number of carbonyl (C=O) groups excluding carboxylic acids is 1.